The second-order valence-corrected chi connectivity index (χ2v) is 6.12. The lowest BCUT2D eigenvalue weighted by Crippen LogP contribution is -2.33. The maximum absolute atomic E-state index is 11.7. The number of amides is 1. The van der Waals surface area contributed by atoms with E-state index in [0.717, 1.165) is 36.7 Å². The first kappa shape index (κ1) is 17.0. The standard InChI is InChI=1S/C16H23NO4S/c1-19-13-4-6-14(7-5-13)21-9-10-22-12-16(18)17-11-15-3-2-8-20-15/h4-7,15H,2-3,8-12H2,1H3,(H,17,18)/t15-/m0/s1. The highest BCUT2D eigenvalue weighted by Gasteiger charge is 2.15. The Balaban J connectivity index is 1.50. The lowest BCUT2D eigenvalue weighted by atomic mass is 10.2. The van der Waals surface area contributed by atoms with E-state index in [2.05, 4.69) is 5.32 Å². The van der Waals surface area contributed by atoms with Crippen LogP contribution in [0.3, 0.4) is 0 Å². The van der Waals surface area contributed by atoms with Crippen LogP contribution in [0.15, 0.2) is 24.3 Å². The Hall–Kier alpha value is -1.40. The molecule has 0 unspecified atom stereocenters. The molecule has 22 heavy (non-hydrogen) atoms. The third-order valence-electron chi connectivity index (χ3n) is 3.34. The van der Waals surface area contributed by atoms with Gasteiger partial charge < -0.3 is 19.5 Å². The molecule has 0 bridgehead atoms. The number of benzene rings is 1. The van der Waals surface area contributed by atoms with Crippen LogP contribution in [-0.4, -0.2) is 50.4 Å². The van der Waals surface area contributed by atoms with Crippen molar-refractivity contribution in [3.05, 3.63) is 24.3 Å². The Morgan fingerprint density at radius 2 is 2.14 bits per heavy atom. The van der Waals surface area contributed by atoms with Crippen molar-refractivity contribution in [1.29, 1.82) is 0 Å². The summed E-state index contributed by atoms with van der Waals surface area (Å²) in [4.78, 5) is 11.7. The van der Waals surface area contributed by atoms with E-state index < -0.39 is 0 Å². The number of rotatable bonds is 9. The van der Waals surface area contributed by atoms with Gasteiger partial charge in [-0.2, -0.15) is 0 Å². The van der Waals surface area contributed by atoms with Crippen LogP contribution in [0.25, 0.3) is 0 Å². The van der Waals surface area contributed by atoms with Gasteiger partial charge in [-0.1, -0.05) is 0 Å². The molecule has 0 aliphatic carbocycles. The van der Waals surface area contributed by atoms with Crippen LogP contribution in [0.5, 0.6) is 11.5 Å². The molecule has 122 valence electrons. The molecule has 5 nitrogen and oxygen atoms in total. The Kier molecular flexibility index (Phi) is 7.39. The van der Waals surface area contributed by atoms with E-state index in [1.54, 1.807) is 18.9 Å². The minimum Gasteiger partial charge on any atom is -0.497 e. The van der Waals surface area contributed by atoms with Gasteiger partial charge >= 0.3 is 0 Å². The van der Waals surface area contributed by atoms with E-state index in [0.29, 0.717) is 18.9 Å². The molecule has 0 spiro atoms. The van der Waals surface area contributed by atoms with Crippen LogP contribution in [0.2, 0.25) is 0 Å². The molecular weight excluding hydrogens is 302 g/mol. The smallest absolute Gasteiger partial charge is 0.230 e. The first-order chi connectivity index (χ1) is 10.8. The predicted molar refractivity (Wildman–Crippen MR) is 87.8 cm³/mol. The second-order valence-electron chi connectivity index (χ2n) is 5.02. The van der Waals surface area contributed by atoms with Crippen LogP contribution >= 0.6 is 11.8 Å². The minimum absolute atomic E-state index is 0.0601. The number of carbonyl (C=O) groups is 1. The van der Waals surface area contributed by atoms with Crippen LogP contribution in [0.1, 0.15) is 12.8 Å². The molecule has 0 aromatic heterocycles. The second kappa shape index (κ2) is 9.58. The molecule has 1 atom stereocenters. The third-order valence-corrected chi connectivity index (χ3v) is 4.26. The van der Waals surface area contributed by atoms with E-state index in [9.17, 15) is 4.79 Å². The Labute approximate surface area is 135 Å². The van der Waals surface area contributed by atoms with Crippen molar-refractivity contribution in [2.45, 2.75) is 18.9 Å². The Bertz CT molecular complexity index is 446. The van der Waals surface area contributed by atoms with Gasteiger partial charge in [0.05, 0.1) is 25.6 Å². The van der Waals surface area contributed by atoms with Crippen LogP contribution < -0.4 is 14.8 Å². The zero-order chi connectivity index (χ0) is 15.6. The van der Waals surface area contributed by atoms with Crippen LogP contribution in [0.4, 0.5) is 0 Å². The summed E-state index contributed by atoms with van der Waals surface area (Å²) in [5.41, 5.74) is 0. The highest BCUT2D eigenvalue weighted by molar-refractivity contribution is 7.99. The van der Waals surface area contributed by atoms with Gasteiger partial charge in [0.1, 0.15) is 11.5 Å². The van der Waals surface area contributed by atoms with Gasteiger partial charge in [-0.3, -0.25) is 4.79 Å². The summed E-state index contributed by atoms with van der Waals surface area (Å²) in [6.45, 7) is 2.02. The number of carbonyl (C=O) groups excluding carboxylic acids is 1. The summed E-state index contributed by atoms with van der Waals surface area (Å²) in [7, 11) is 1.64. The molecular formula is C16H23NO4S. The number of thioether (sulfide) groups is 1. The quantitative estimate of drug-likeness (QED) is 0.705. The number of ether oxygens (including phenoxy) is 3. The van der Waals surface area contributed by atoms with Gasteiger partial charge in [0, 0.05) is 18.9 Å². The van der Waals surface area contributed by atoms with E-state index in [4.69, 9.17) is 14.2 Å². The number of hydrogen-bond donors (Lipinski definition) is 1. The fourth-order valence-electron chi connectivity index (χ4n) is 2.14. The summed E-state index contributed by atoms with van der Waals surface area (Å²) in [5.74, 6) is 2.91. The van der Waals surface area contributed by atoms with Gasteiger partial charge in [0.15, 0.2) is 0 Å². The normalized spacial score (nSPS) is 17.2. The van der Waals surface area contributed by atoms with Gasteiger partial charge in [-0.15, -0.1) is 11.8 Å². The van der Waals surface area contributed by atoms with Crippen LogP contribution in [-0.2, 0) is 9.53 Å². The number of hydrogen-bond acceptors (Lipinski definition) is 5. The van der Waals surface area contributed by atoms with Crippen molar-refractivity contribution >= 4 is 17.7 Å². The highest BCUT2D eigenvalue weighted by Crippen LogP contribution is 2.17. The largest absolute Gasteiger partial charge is 0.497 e. The highest BCUT2D eigenvalue weighted by atomic mass is 32.2. The van der Waals surface area contributed by atoms with E-state index in [-0.39, 0.29) is 12.0 Å². The average Bonchev–Trinajstić information content (AvgIpc) is 3.06. The molecule has 1 N–H and O–H groups in total. The summed E-state index contributed by atoms with van der Waals surface area (Å²) >= 11 is 1.57. The lowest BCUT2D eigenvalue weighted by molar-refractivity contribution is -0.119. The summed E-state index contributed by atoms with van der Waals surface area (Å²) in [5, 5.41) is 2.91. The van der Waals surface area contributed by atoms with Crippen molar-refractivity contribution in [3.8, 4) is 11.5 Å². The van der Waals surface area contributed by atoms with E-state index >= 15 is 0 Å². The third kappa shape index (κ3) is 6.15. The molecule has 6 heteroatoms. The predicted octanol–water partition coefficient (Wildman–Crippen LogP) is 2.10. The monoisotopic (exact) mass is 325 g/mol. The molecule has 1 amide bonds. The molecule has 0 saturated carbocycles. The maximum atomic E-state index is 11.7. The van der Waals surface area contributed by atoms with Crippen molar-refractivity contribution in [3.63, 3.8) is 0 Å². The Morgan fingerprint density at radius 3 is 2.82 bits per heavy atom. The fourth-order valence-corrected chi connectivity index (χ4v) is 2.77. The zero-order valence-corrected chi connectivity index (χ0v) is 13.7. The molecule has 0 radical (unpaired) electrons. The van der Waals surface area contributed by atoms with Gasteiger partial charge in [0.25, 0.3) is 0 Å². The van der Waals surface area contributed by atoms with E-state index in [1.165, 1.54) is 0 Å². The van der Waals surface area contributed by atoms with Crippen LogP contribution in [0, 0.1) is 0 Å². The molecule has 2 rings (SSSR count). The first-order valence-corrected chi connectivity index (χ1v) is 8.66. The molecule has 1 fully saturated rings. The summed E-state index contributed by atoms with van der Waals surface area (Å²) < 4.78 is 16.1. The molecule has 1 heterocycles. The van der Waals surface area contributed by atoms with Crippen molar-refractivity contribution in [2.24, 2.45) is 0 Å². The van der Waals surface area contributed by atoms with Crippen molar-refractivity contribution in [2.75, 3.05) is 38.4 Å². The van der Waals surface area contributed by atoms with Gasteiger partial charge in [-0.05, 0) is 37.1 Å². The lowest BCUT2D eigenvalue weighted by Gasteiger charge is -2.10. The van der Waals surface area contributed by atoms with E-state index in [1.807, 2.05) is 24.3 Å². The number of nitrogens with one attached hydrogen (secondary N) is 1. The molecule has 1 aliphatic rings. The van der Waals surface area contributed by atoms with Crippen molar-refractivity contribution < 1.29 is 19.0 Å². The van der Waals surface area contributed by atoms with Gasteiger partial charge in [-0.25, -0.2) is 0 Å². The topological polar surface area (TPSA) is 56.8 Å². The summed E-state index contributed by atoms with van der Waals surface area (Å²) in [6.07, 6.45) is 2.34. The zero-order valence-electron chi connectivity index (χ0n) is 12.9. The first-order valence-electron chi connectivity index (χ1n) is 7.51. The fraction of sp³-hybridized carbons (Fsp3) is 0.562. The number of methoxy groups -OCH3 is 1. The summed E-state index contributed by atoms with van der Waals surface area (Å²) in [6, 6.07) is 7.47. The molecule has 1 aromatic carbocycles. The van der Waals surface area contributed by atoms with Gasteiger partial charge in [0.2, 0.25) is 5.91 Å². The maximum Gasteiger partial charge on any atom is 0.230 e. The SMILES string of the molecule is COc1ccc(OCCSCC(=O)NC[C@@H]2CCCO2)cc1. The average molecular weight is 325 g/mol. The minimum atomic E-state index is 0.0601. The molecule has 1 aromatic rings. The molecule has 1 aliphatic heterocycles. The van der Waals surface area contributed by atoms with Crippen molar-refractivity contribution in [1.82, 2.24) is 5.32 Å². The Morgan fingerprint density at radius 1 is 1.36 bits per heavy atom. The molecule has 1 saturated heterocycles.